The van der Waals surface area contributed by atoms with E-state index in [0.29, 0.717) is 0 Å². The Bertz CT molecular complexity index is 931. The maximum absolute atomic E-state index is 2.41. The molecule has 0 atom stereocenters. The van der Waals surface area contributed by atoms with E-state index in [9.17, 15) is 0 Å². The van der Waals surface area contributed by atoms with Gasteiger partial charge in [0.2, 0.25) is 0 Å². The Morgan fingerprint density at radius 2 is 1.43 bits per heavy atom. The fraction of sp³-hybridized carbons (Fsp3) is 0.0909. The predicted molar refractivity (Wildman–Crippen MR) is 97.7 cm³/mol. The molecular weight excluding hydrogens is 278 g/mol. The number of para-hydroxylation sites is 1. The third-order valence-corrected chi connectivity index (χ3v) is 4.34. The van der Waals surface area contributed by atoms with Crippen LogP contribution in [0.25, 0.3) is 22.2 Å². The van der Waals surface area contributed by atoms with Crippen LogP contribution in [0.5, 0.6) is 0 Å². The number of fused-ring (bicyclic) bond motifs is 1. The van der Waals surface area contributed by atoms with Crippen LogP contribution >= 0.6 is 0 Å². The molecule has 0 aliphatic heterocycles. The van der Waals surface area contributed by atoms with E-state index in [1.807, 2.05) is 0 Å². The number of hydrogen-bond donors (Lipinski definition) is 0. The summed E-state index contributed by atoms with van der Waals surface area (Å²) < 4.78 is 2.41. The van der Waals surface area contributed by atoms with Gasteiger partial charge in [0, 0.05) is 23.1 Å². The Hall–Kier alpha value is -2.80. The van der Waals surface area contributed by atoms with Gasteiger partial charge in [-0.15, -0.1) is 0 Å². The molecule has 0 N–H and O–H groups in total. The zero-order valence-electron chi connectivity index (χ0n) is 13.2. The Morgan fingerprint density at radius 3 is 2.22 bits per heavy atom. The summed E-state index contributed by atoms with van der Waals surface area (Å²) in [6, 6.07) is 30.3. The first-order chi connectivity index (χ1) is 11.3. The summed E-state index contributed by atoms with van der Waals surface area (Å²) in [5.74, 6) is 0. The minimum Gasteiger partial charge on any atom is -0.336 e. The highest BCUT2D eigenvalue weighted by Crippen LogP contribution is 2.29. The molecule has 4 rings (SSSR count). The molecule has 4 aromatic rings. The first-order valence-electron chi connectivity index (χ1n) is 8.00. The molecule has 0 radical (unpaired) electrons. The zero-order chi connectivity index (χ0) is 15.6. The minimum absolute atomic E-state index is 0.886. The Balaban J connectivity index is 1.89. The Labute approximate surface area is 136 Å². The van der Waals surface area contributed by atoms with Crippen molar-refractivity contribution in [2.45, 2.75) is 13.5 Å². The first-order valence-corrected chi connectivity index (χ1v) is 8.00. The summed E-state index contributed by atoms with van der Waals surface area (Å²) in [4.78, 5) is 0. The van der Waals surface area contributed by atoms with Crippen molar-refractivity contribution < 1.29 is 0 Å². The van der Waals surface area contributed by atoms with E-state index in [4.69, 9.17) is 0 Å². The lowest BCUT2D eigenvalue weighted by atomic mass is 10.1. The number of aromatic nitrogens is 1. The maximum Gasteiger partial charge on any atom is 0.0494 e. The topological polar surface area (TPSA) is 4.93 Å². The fourth-order valence-electron chi connectivity index (χ4n) is 3.11. The summed E-state index contributed by atoms with van der Waals surface area (Å²) in [6.07, 6.45) is 0. The van der Waals surface area contributed by atoms with Crippen molar-refractivity contribution in [2.24, 2.45) is 0 Å². The molecule has 0 aliphatic carbocycles. The van der Waals surface area contributed by atoms with E-state index >= 15 is 0 Å². The summed E-state index contributed by atoms with van der Waals surface area (Å²) in [5.41, 5.74) is 6.44. The van der Waals surface area contributed by atoms with Gasteiger partial charge in [0.25, 0.3) is 0 Å². The van der Waals surface area contributed by atoms with Crippen molar-refractivity contribution >= 4 is 10.9 Å². The van der Waals surface area contributed by atoms with E-state index in [1.54, 1.807) is 0 Å². The number of benzene rings is 3. The standard InChI is InChI=1S/C22H19N/c1-17-11-13-19(14-12-17)22-15-20-9-5-6-10-21(20)23(22)16-18-7-3-2-4-8-18/h2-15H,16H2,1H3. The molecule has 0 saturated carbocycles. The molecule has 0 amide bonds. The van der Waals surface area contributed by atoms with Crippen LogP contribution in [-0.4, -0.2) is 4.57 Å². The van der Waals surface area contributed by atoms with Crippen molar-refractivity contribution in [2.75, 3.05) is 0 Å². The van der Waals surface area contributed by atoms with Crippen molar-refractivity contribution in [3.05, 3.63) is 96.1 Å². The lowest BCUT2D eigenvalue weighted by Crippen LogP contribution is -2.01. The minimum atomic E-state index is 0.886. The van der Waals surface area contributed by atoms with Gasteiger partial charge in [-0.3, -0.25) is 0 Å². The Morgan fingerprint density at radius 1 is 0.739 bits per heavy atom. The van der Waals surface area contributed by atoms with Crippen LogP contribution in [0.4, 0.5) is 0 Å². The molecule has 23 heavy (non-hydrogen) atoms. The molecule has 0 aliphatic rings. The van der Waals surface area contributed by atoms with Gasteiger partial charge in [-0.25, -0.2) is 0 Å². The quantitative estimate of drug-likeness (QED) is 0.459. The summed E-state index contributed by atoms with van der Waals surface area (Å²) in [6.45, 7) is 3.01. The molecule has 3 aromatic carbocycles. The summed E-state index contributed by atoms with van der Waals surface area (Å²) >= 11 is 0. The van der Waals surface area contributed by atoms with Gasteiger partial charge in [0.1, 0.15) is 0 Å². The molecular formula is C22H19N. The van der Waals surface area contributed by atoms with Crippen LogP contribution in [0, 0.1) is 6.92 Å². The number of nitrogens with zero attached hydrogens (tertiary/aromatic N) is 1. The van der Waals surface area contributed by atoms with Gasteiger partial charge in [-0.1, -0.05) is 78.4 Å². The van der Waals surface area contributed by atoms with E-state index in [-0.39, 0.29) is 0 Å². The number of hydrogen-bond acceptors (Lipinski definition) is 0. The first kappa shape index (κ1) is 13.8. The molecule has 1 aromatic heterocycles. The molecule has 0 fully saturated rings. The van der Waals surface area contributed by atoms with Gasteiger partial charge in [-0.05, 0) is 30.2 Å². The molecule has 1 heterocycles. The SMILES string of the molecule is Cc1ccc(-c2cc3ccccc3n2Cc2ccccc2)cc1. The summed E-state index contributed by atoms with van der Waals surface area (Å²) in [5, 5.41) is 1.29. The Kier molecular flexibility index (Phi) is 3.47. The van der Waals surface area contributed by atoms with Crippen LogP contribution in [0.3, 0.4) is 0 Å². The van der Waals surface area contributed by atoms with Crippen LogP contribution in [0.1, 0.15) is 11.1 Å². The third-order valence-electron chi connectivity index (χ3n) is 4.34. The van der Waals surface area contributed by atoms with Gasteiger partial charge >= 0.3 is 0 Å². The normalized spacial score (nSPS) is 11.0. The molecule has 0 unspecified atom stereocenters. The number of rotatable bonds is 3. The molecule has 0 saturated heterocycles. The van der Waals surface area contributed by atoms with Gasteiger partial charge in [0.15, 0.2) is 0 Å². The second-order valence-electron chi connectivity index (χ2n) is 6.03. The van der Waals surface area contributed by atoms with E-state index in [2.05, 4.69) is 96.4 Å². The van der Waals surface area contributed by atoms with Crippen LogP contribution in [-0.2, 0) is 6.54 Å². The largest absolute Gasteiger partial charge is 0.336 e. The third kappa shape index (κ3) is 2.66. The van der Waals surface area contributed by atoms with Crippen molar-refractivity contribution in [1.82, 2.24) is 4.57 Å². The van der Waals surface area contributed by atoms with E-state index < -0.39 is 0 Å². The highest BCUT2D eigenvalue weighted by molar-refractivity contribution is 5.87. The lowest BCUT2D eigenvalue weighted by molar-refractivity contribution is 0.845. The second-order valence-corrected chi connectivity index (χ2v) is 6.03. The molecule has 1 heteroatoms. The molecule has 112 valence electrons. The van der Waals surface area contributed by atoms with Gasteiger partial charge in [-0.2, -0.15) is 0 Å². The van der Waals surface area contributed by atoms with Crippen molar-refractivity contribution in [3.8, 4) is 11.3 Å². The highest BCUT2D eigenvalue weighted by atomic mass is 15.0. The van der Waals surface area contributed by atoms with E-state index in [1.165, 1.54) is 33.3 Å². The summed E-state index contributed by atoms with van der Waals surface area (Å²) in [7, 11) is 0. The zero-order valence-corrected chi connectivity index (χ0v) is 13.2. The number of aryl methyl sites for hydroxylation is 1. The molecule has 1 nitrogen and oxygen atoms in total. The molecule has 0 bridgehead atoms. The maximum atomic E-state index is 2.41. The average molecular weight is 297 g/mol. The van der Waals surface area contributed by atoms with Crippen LogP contribution in [0.15, 0.2) is 84.9 Å². The average Bonchev–Trinajstić information content (AvgIpc) is 2.95. The lowest BCUT2D eigenvalue weighted by Gasteiger charge is -2.11. The van der Waals surface area contributed by atoms with E-state index in [0.717, 1.165) is 6.54 Å². The monoisotopic (exact) mass is 297 g/mol. The van der Waals surface area contributed by atoms with Gasteiger partial charge in [0.05, 0.1) is 0 Å². The predicted octanol–water partition coefficient (Wildman–Crippen LogP) is 5.67. The smallest absolute Gasteiger partial charge is 0.0494 e. The van der Waals surface area contributed by atoms with Crippen molar-refractivity contribution in [3.63, 3.8) is 0 Å². The fourth-order valence-corrected chi connectivity index (χ4v) is 3.11. The molecule has 0 spiro atoms. The second kappa shape index (κ2) is 5.77. The van der Waals surface area contributed by atoms with Gasteiger partial charge < -0.3 is 4.57 Å². The van der Waals surface area contributed by atoms with Crippen LogP contribution in [0.2, 0.25) is 0 Å². The van der Waals surface area contributed by atoms with Crippen molar-refractivity contribution in [1.29, 1.82) is 0 Å². The van der Waals surface area contributed by atoms with Crippen LogP contribution < -0.4 is 0 Å². The highest BCUT2D eigenvalue weighted by Gasteiger charge is 2.10.